The van der Waals surface area contributed by atoms with Crippen molar-refractivity contribution in [2.24, 2.45) is 5.92 Å². The largest absolute Gasteiger partial charge is 0.481 e. The minimum Gasteiger partial charge on any atom is -0.481 e. The summed E-state index contributed by atoms with van der Waals surface area (Å²) >= 11 is 0. The lowest BCUT2D eigenvalue weighted by Crippen LogP contribution is -2.35. The predicted octanol–water partition coefficient (Wildman–Crippen LogP) is -0.0825. The number of carboxylic acid groups (broad SMARTS) is 1. The van der Waals surface area contributed by atoms with Crippen LogP contribution in [-0.4, -0.2) is 48.1 Å². The third-order valence-electron chi connectivity index (χ3n) is 3.11. The van der Waals surface area contributed by atoms with Crippen LogP contribution in [0.2, 0.25) is 0 Å². The van der Waals surface area contributed by atoms with E-state index in [1.165, 1.54) is 0 Å². The third-order valence-corrected chi connectivity index (χ3v) is 3.11. The highest BCUT2D eigenvalue weighted by atomic mass is 16.4. The van der Waals surface area contributed by atoms with E-state index in [0.29, 0.717) is 19.4 Å². The first-order chi connectivity index (χ1) is 7.06. The molecule has 86 valence electrons. The second-order valence-corrected chi connectivity index (χ2v) is 3.93. The highest BCUT2D eigenvalue weighted by Gasteiger charge is 2.35. The van der Waals surface area contributed by atoms with Gasteiger partial charge >= 0.3 is 5.97 Å². The molecule has 0 aromatic carbocycles. The van der Waals surface area contributed by atoms with Crippen LogP contribution in [0.15, 0.2) is 0 Å². The van der Waals surface area contributed by atoms with Gasteiger partial charge in [-0.15, -0.1) is 0 Å². The van der Waals surface area contributed by atoms with Crippen LogP contribution >= 0.6 is 0 Å². The molecule has 1 rings (SSSR count). The molecule has 1 heterocycles. The maximum absolute atomic E-state index is 11.0. The number of rotatable bonds is 4. The van der Waals surface area contributed by atoms with Crippen LogP contribution in [0, 0.1) is 5.92 Å². The molecule has 5 heteroatoms. The summed E-state index contributed by atoms with van der Waals surface area (Å²) in [5.74, 6) is -1.01. The Hall–Kier alpha value is -1.10. The standard InChI is InChI=1S/C10H18N2O3/c1-7-8(10(14)15)3-5-12(7)6-4-9(13)11-2/h7-8H,3-6H2,1-2H3,(H,11,13)(H,14,15). The molecule has 2 unspecified atom stereocenters. The Morgan fingerprint density at radius 2 is 2.20 bits per heavy atom. The minimum atomic E-state index is -0.732. The van der Waals surface area contributed by atoms with Crippen molar-refractivity contribution < 1.29 is 14.7 Å². The topological polar surface area (TPSA) is 69.6 Å². The first-order valence-electron chi connectivity index (χ1n) is 5.23. The number of aliphatic carboxylic acids is 1. The van der Waals surface area contributed by atoms with E-state index < -0.39 is 5.97 Å². The Labute approximate surface area is 89.4 Å². The van der Waals surface area contributed by atoms with Gasteiger partial charge in [-0.25, -0.2) is 0 Å². The van der Waals surface area contributed by atoms with Gasteiger partial charge in [0.15, 0.2) is 0 Å². The molecule has 15 heavy (non-hydrogen) atoms. The first kappa shape index (κ1) is 12.0. The van der Waals surface area contributed by atoms with Crippen LogP contribution in [0.4, 0.5) is 0 Å². The molecule has 0 aliphatic carbocycles. The Morgan fingerprint density at radius 3 is 2.67 bits per heavy atom. The SMILES string of the molecule is CNC(=O)CCN1CCC(C(=O)O)C1C. The van der Waals surface area contributed by atoms with Crippen LogP contribution in [-0.2, 0) is 9.59 Å². The summed E-state index contributed by atoms with van der Waals surface area (Å²) in [7, 11) is 1.61. The second kappa shape index (κ2) is 5.11. The first-order valence-corrected chi connectivity index (χ1v) is 5.23. The van der Waals surface area contributed by atoms with Crippen molar-refractivity contribution in [1.29, 1.82) is 0 Å². The van der Waals surface area contributed by atoms with E-state index in [0.717, 1.165) is 6.54 Å². The summed E-state index contributed by atoms with van der Waals surface area (Å²) in [5, 5.41) is 11.5. The number of carbonyl (C=O) groups is 2. The van der Waals surface area contributed by atoms with Gasteiger partial charge in [-0.05, 0) is 19.9 Å². The molecule has 0 radical (unpaired) electrons. The van der Waals surface area contributed by atoms with Gasteiger partial charge in [0.05, 0.1) is 5.92 Å². The van der Waals surface area contributed by atoms with Crippen molar-refractivity contribution in [1.82, 2.24) is 10.2 Å². The van der Waals surface area contributed by atoms with Crippen molar-refractivity contribution in [2.45, 2.75) is 25.8 Å². The zero-order valence-electron chi connectivity index (χ0n) is 9.19. The van der Waals surface area contributed by atoms with Gasteiger partial charge < -0.3 is 10.4 Å². The van der Waals surface area contributed by atoms with Gasteiger partial charge in [-0.2, -0.15) is 0 Å². The molecule has 1 aliphatic rings. The fourth-order valence-corrected chi connectivity index (χ4v) is 2.02. The molecular weight excluding hydrogens is 196 g/mol. The van der Waals surface area contributed by atoms with E-state index in [1.54, 1.807) is 7.05 Å². The van der Waals surface area contributed by atoms with Gasteiger partial charge in [0.25, 0.3) is 0 Å². The van der Waals surface area contributed by atoms with Crippen LogP contribution in [0.1, 0.15) is 19.8 Å². The Balaban J connectivity index is 2.39. The average Bonchev–Trinajstić information content (AvgIpc) is 2.56. The quantitative estimate of drug-likeness (QED) is 0.686. The van der Waals surface area contributed by atoms with Gasteiger partial charge in [0, 0.05) is 26.1 Å². The smallest absolute Gasteiger partial charge is 0.308 e. The molecular formula is C10H18N2O3. The van der Waals surface area contributed by atoms with E-state index in [-0.39, 0.29) is 17.9 Å². The van der Waals surface area contributed by atoms with Gasteiger partial charge in [0.1, 0.15) is 0 Å². The minimum absolute atomic E-state index is 0.000903. The number of hydrogen-bond acceptors (Lipinski definition) is 3. The molecule has 0 bridgehead atoms. The van der Waals surface area contributed by atoms with E-state index in [4.69, 9.17) is 5.11 Å². The van der Waals surface area contributed by atoms with E-state index in [9.17, 15) is 9.59 Å². The highest BCUT2D eigenvalue weighted by Crippen LogP contribution is 2.24. The number of carbonyl (C=O) groups excluding carboxylic acids is 1. The Morgan fingerprint density at radius 1 is 1.53 bits per heavy atom. The third kappa shape index (κ3) is 2.92. The van der Waals surface area contributed by atoms with Crippen LogP contribution in [0.5, 0.6) is 0 Å². The van der Waals surface area contributed by atoms with Crippen LogP contribution in [0.25, 0.3) is 0 Å². The number of amides is 1. The molecule has 0 spiro atoms. The average molecular weight is 214 g/mol. The van der Waals surface area contributed by atoms with Crippen molar-refractivity contribution in [3.05, 3.63) is 0 Å². The Bertz CT molecular complexity index is 255. The summed E-state index contributed by atoms with van der Waals surface area (Å²) in [6.07, 6.45) is 1.12. The van der Waals surface area contributed by atoms with Crippen molar-refractivity contribution in [2.75, 3.05) is 20.1 Å². The predicted molar refractivity (Wildman–Crippen MR) is 55.5 cm³/mol. The summed E-state index contributed by atoms with van der Waals surface area (Å²) in [6.45, 7) is 3.33. The number of likely N-dealkylation sites (tertiary alicyclic amines) is 1. The monoisotopic (exact) mass is 214 g/mol. The fraction of sp³-hybridized carbons (Fsp3) is 0.800. The van der Waals surface area contributed by atoms with Crippen molar-refractivity contribution in [3.63, 3.8) is 0 Å². The molecule has 1 saturated heterocycles. The number of nitrogens with one attached hydrogen (secondary N) is 1. The van der Waals surface area contributed by atoms with E-state index >= 15 is 0 Å². The number of nitrogens with zero attached hydrogens (tertiary/aromatic N) is 1. The van der Waals surface area contributed by atoms with Crippen molar-refractivity contribution in [3.8, 4) is 0 Å². The number of hydrogen-bond donors (Lipinski definition) is 2. The number of carboxylic acids is 1. The molecule has 1 amide bonds. The molecule has 5 nitrogen and oxygen atoms in total. The lowest BCUT2D eigenvalue weighted by atomic mass is 10.0. The lowest BCUT2D eigenvalue weighted by Gasteiger charge is -2.22. The maximum atomic E-state index is 11.0. The van der Waals surface area contributed by atoms with Gasteiger partial charge in [-0.1, -0.05) is 0 Å². The Kier molecular flexibility index (Phi) is 4.08. The zero-order valence-corrected chi connectivity index (χ0v) is 9.19. The van der Waals surface area contributed by atoms with E-state index in [2.05, 4.69) is 10.2 Å². The normalized spacial score (nSPS) is 26.5. The summed E-state index contributed by atoms with van der Waals surface area (Å²) in [4.78, 5) is 23.9. The molecule has 0 saturated carbocycles. The molecule has 2 N–H and O–H groups in total. The van der Waals surface area contributed by atoms with E-state index in [1.807, 2.05) is 6.92 Å². The highest BCUT2D eigenvalue weighted by molar-refractivity contribution is 5.75. The van der Waals surface area contributed by atoms with Crippen molar-refractivity contribution >= 4 is 11.9 Å². The lowest BCUT2D eigenvalue weighted by molar-refractivity contribution is -0.142. The van der Waals surface area contributed by atoms with Gasteiger partial charge in [-0.3, -0.25) is 14.5 Å². The maximum Gasteiger partial charge on any atom is 0.308 e. The second-order valence-electron chi connectivity index (χ2n) is 3.93. The molecule has 1 fully saturated rings. The molecule has 0 aromatic rings. The fourth-order valence-electron chi connectivity index (χ4n) is 2.02. The molecule has 2 atom stereocenters. The van der Waals surface area contributed by atoms with Crippen LogP contribution in [0.3, 0.4) is 0 Å². The van der Waals surface area contributed by atoms with Crippen LogP contribution < -0.4 is 5.32 Å². The summed E-state index contributed by atoms with van der Waals surface area (Å²) < 4.78 is 0. The van der Waals surface area contributed by atoms with Gasteiger partial charge in [0.2, 0.25) is 5.91 Å². The molecule has 0 aromatic heterocycles. The summed E-state index contributed by atoms with van der Waals surface area (Å²) in [6, 6.07) is 0.0344. The zero-order chi connectivity index (χ0) is 11.4. The molecule has 1 aliphatic heterocycles. The summed E-state index contributed by atoms with van der Waals surface area (Å²) in [5.41, 5.74) is 0.